The van der Waals surface area contributed by atoms with E-state index in [1.807, 2.05) is 6.07 Å². The molecule has 1 saturated heterocycles. The van der Waals surface area contributed by atoms with E-state index in [0.717, 1.165) is 11.1 Å². The fourth-order valence-electron chi connectivity index (χ4n) is 7.65. The van der Waals surface area contributed by atoms with Crippen LogP contribution in [0.15, 0.2) is 90.1 Å². The summed E-state index contributed by atoms with van der Waals surface area (Å²) in [5, 5.41) is 12.0. The zero-order chi connectivity index (χ0) is 45.3. The number of anilines is 2. The first-order valence-electron chi connectivity index (χ1n) is 21.1. The van der Waals surface area contributed by atoms with Crippen LogP contribution in [0.2, 0.25) is 5.02 Å². The van der Waals surface area contributed by atoms with Gasteiger partial charge in [0.05, 0.1) is 49.9 Å². The van der Waals surface area contributed by atoms with Crippen LogP contribution in [0.4, 0.5) is 20.4 Å². The summed E-state index contributed by atoms with van der Waals surface area (Å²) in [5.74, 6) is 3.87. The number of piperidine rings is 1. The molecule has 4 aromatic carbocycles. The first kappa shape index (κ1) is 44.7. The zero-order valence-electron chi connectivity index (χ0n) is 35.0. The standard InChI is InChI=1S/C48H43ClF2N8O6/c49-33-10-14-36-37(25-33)44(42-38(50)5-3-6-39(42)51)54-26-32-27-55-48(58-43(32)36)56-34-11-8-30(9-12-34)45(61)53-19-21-65-23-22-64-20-18-52-17-2-1-4-29-7-13-35-31(24-29)28-59(47(35)63)40-15-16-41(60)57-46(40)62/h3,5-14,24-25,27,40,52H,2,15-23,26,28H2,(H,53,61)(H,55,56,58)(H,57,60,62). The van der Waals surface area contributed by atoms with Crippen LogP contribution in [0, 0.1) is 23.5 Å². The van der Waals surface area contributed by atoms with E-state index < -0.39 is 23.6 Å². The summed E-state index contributed by atoms with van der Waals surface area (Å²) < 4.78 is 41.0. The highest BCUT2D eigenvalue weighted by Gasteiger charge is 2.39. The number of nitrogens with one attached hydrogen (secondary N) is 4. The number of nitrogens with zero attached hydrogens (tertiary/aromatic N) is 4. The van der Waals surface area contributed by atoms with Crippen LogP contribution >= 0.6 is 11.6 Å². The highest BCUT2D eigenvalue weighted by atomic mass is 35.5. The summed E-state index contributed by atoms with van der Waals surface area (Å²) in [6.45, 7) is 3.64. The minimum atomic E-state index is -0.736. The molecule has 5 aromatic rings. The molecule has 1 atom stereocenters. The van der Waals surface area contributed by atoms with Crippen molar-refractivity contribution < 1.29 is 37.4 Å². The van der Waals surface area contributed by atoms with Crippen molar-refractivity contribution in [3.8, 4) is 23.1 Å². The maximum atomic E-state index is 14.9. The van der Waals surface area contributed by atoms with Crippen molar-refractivity contribution in [2.75, 3.05) is 51.4 Å². The van der Waals surface area contributed by atoms with Gasteiger partial charge in [-0.05, 0) is 78.7 Å². The van der Waals surface area contributed by atoms with Crippen LogP contribution in [-0.2, 0) is 32.2 Å². The summed E-state index contributed by atoms with van der Waals surface area (Å²) in [7, 11) is 0. The van der Waals surface area contributed by atoms with E-state index in [2.05, 4.69) is 43.1 Å². The molecule has 4 heterocycles. The third kappa shape index (κ3) is 10.7. The minimum Gasteiger partial charge on any atom is -0.378 e. The number of rotatable bonds is 16. The van der Waals surface area contributed by atoms with Gasteiger partial charge < -0.3 is 30.3 Å². The van der Waals surface area contributed by atoms with Crippen molar-refractivity contribution in [2.45, 2.75) is 38.4 Å². The topological polar surface area (TPSA) is 176 Å². The number of aromatic nitrogens is 2. The molecular weight excluding hydrogens is 858 g/mol. The summed E-state index contributed by atoms with van der Waals surface area (Å²) in [5.41, 5.74) is 5.41. The minimum absolute atomic E-state index is 0.0934. The smallest absolute Gasteiger partial charge is 0.255 e. The second-order valence-corrected chi connectivity index (χ2v) is 15.7. The summed E-state index contributed by atoms with van der Waals surface area (Å²) in [4.78, 5) is 64.7. The van der Waals surface area contributed by atoms with E-state index in [1.54, 1.807) is 60.8 Å². The quantitative estimate of drug-likeness (QED) is 0.0544. The van der Waals surface area contributed by atoms with Crippen molar-refractivity contribution in [1.82, 2.24) is 30.8 Å². The van der Waals surface area contributed by atoms with Gasteiger partial charge in [0.25, 0.3) is 11.8 Å². The summed E-state index contributed by atoms with van der Waals surface area (Å²) >= 11 is 6.34. The second kappa shape index (κ2) is 20.7. The van der Waals surface area contributed by atoms with Crippen LogP contribution in [-0.4, -0.2) is 96.3 Å². The summed E-state index contributed by atoms with van der Waals surface area (Å²) in [6, 6.07) is 20.3. The van der Waals surface area contributed by atoms with Gasteiger partial charge >= 0.3 is 0 Å². The Labute approximate surface area is 378 Å². The molecule has 4 amide bonds. The molecule has 0 radical (unpaired) electrons. The molecule has 0 bridgehead atoms. The molecule has 1 aromatic heterocycles. The number of hydrogen-bond donors (Lipinski definition) is 4. The lowest BCUT2D eigenvalue weighted by Crippen LogP contribution is -2.52. The van der Waals surface area contributed by atoms with Gasteiger partial charge in [0.2, 0.25) is 17.8 Å². The van der Waals surface area contributed by atoms with Gasteiger partial charge in [0.1, 0.15) is 17.7 Å². The number of ether oxygens (including phenoxy) is 2. The molecule has 4 N–H and O–H groups in total. The fraction of sp³-hybridized carbons (Fsp3) is 0.271. The Balaban J connectivity index is 0.702. The number of amides is 4. The Morgan fingerprint density at radius 1 is 0.877 bits per heavy atom. The molecule has 8 rings (SSSR count). The average Bonchev–Trinajstić information content (AvgIpc) is 3.53. The molecule has 14 nitrogen and oxygen atoms in total. The number of imide groups is 1. The first-order chi connectivity index (χ1) is 31.6. The van der Waals surface area contributed by atoms with Crippen LogP contribution in [0.5, 0.6) is 0 Å². The van der Waals surface area contributed by atoms with Crippen LogP contribution in [0.1, 0.15) is 67.8 Å². The lowest BCUT2D eigenvalue weighted by molar-refractivity contribution is -0.136. The highest BCUT2D eigenvalue weighted by Crippen LogP contribution is 2.35. The lowest BCUT2D eigenvalue weighted by Gasteiger charge is -2.29. The van der Waals surface area contributed by atoms with Crippen LogP contribution in [0.25, 0.3) is 11.3 Å². The van der Waals surface area contributed by atoms with Crippen molar-refractivity contribution in [2.24, 2.45) is 4.99 Å². The normalized spacial score (nSPS) is 15.2. The number of halogens is 3. The van der Waals surface area contributed by atoms with E-state index in [9.17, 15) is 28.0 Å². The van der Waals surface area contributed by atoms with Gasteiger partial charge in [-0.15, -0.1) is 0 Å². The number of aliphatic imine (C=N–C) groups is 1. The first-order valence-corrected chi connectivity index (χ1v) is 21.4. The number of hydrogen-bond acceptors (Lipinski definition) is 11. The molecule has 0 saturated carbocycles. The van der Waals surface area contributed by atoms with E-state index in [0.29, 0.717) is 110 Å². The monoisotopic (exact) mass is 900 g/mol. The molecular formula is C48H43ClF2N8O6. The number of carbonyl (C=O) groups is 4. The molecule has 0 spiro atoms. The molecule has 332 valence electrons. The molecule has 3 aliphatic rings. The molecule has 65 heavy (non-hydrogen) atoms. The molecule has 1 unspecified atom stereocenters. The van der Waals surface area contributed by atoms with Gasteiger partial charge in [-0.1, -0.05) is 35.6 Å². The van der Waals surface area contributed by atoms with Gasteiger partial charge in [0, 0.05) is 89.3 Å². The van der Waals surface area contributed by atoms with Gasteiger partial charge in [-0.2, -0.15) is 0 Å². The summed E-state index contributed by atoms with van der Waals surface area (Å²) in [6.07, 6.45) is 2.78. The van der Waals surface area contributed by atoms with Gasteiger partial charge in [-0.3, -0.25) is 29.5 Å². The van der Waals surface area contributed by atoms with Crippen molar-refractivity contribution >= 4 is 52.6 Å². The van der Waals surface area contributed by atoms with Crippen LogP contribution < -0.4 is 21.3 Å². The number of carbonyl (C=O) groups excluding carboxylic acids is 4. The number of fused-ring (bicyclic) bond motifs is 4. The maximum Gasteiger partial charge on any atom is 0.255 e. The Kier molecular flexibility index (Phi) is 14.3. The number of benzene rings is 4. The predicted molar refractivity (Wildman–Crippen MR) is 239 cm³/mol. The van der Waals surface area contributed by atoms with Crippen molar-refractivity contribution in [3.05, 3.63) is 141 Å². The second-order valence-electron chi connectivity index (χ2n) is 15.3. The Morgan fingerprint density at radius 3 is 2.43 bits per heavy atom. The third-order valence-electron chi connectivity index (χ3n) is 10.9. The van der Waals surface area contributed by atoms with E-state index in [1.165, 1.54) is 23.1 Å². The molecule has 3 aliphatic heterocycles. The Bertz CT molecular complexity index is 2720. The third-order valence-corrected chi connectivity index (χ3v) is 11.1. The van der Waals surface area contributed by atoms with Crippen LogP contribution in [0.3, 0.4) is 0 Å². The highest BCUT2D eigenvalue weighted by molar-refractivity contribution is 6.31. The lowest BCUT2D eigenvalue weighted by atomic mass is 9.95. The average molecular weight is 901 g/mol. The van der Waals surface area contributed by atoms with Gasteiger partial charge in [-0.25, -0.2) is 18.7 Å². The van der Waals surface area contributed by atoms with Crippen molar-refractivity contribution in [3.63, 3.8) is 0 Å². The molecule has 17 heteroatoms. The zero-order valence-corrected chi connectivity index (χ0v) is 35.8. The van der Waals surface area contributed by atoms with Crippen molar-refractivity contribution in [1.29, 1.82) is 0 Å². The van der Waals surface area contributed by atoms with E-state index in [4.69, 9.17) is 26.1 Å². The Hall–Kier alpha value is -6.90. The Morgan fingerprint density at radius 2 is 1.65 bits per heavy atom. The predicted octanol–water partition coefficient (Wildman–Crippen LogP) is 5.73. The molecule has 0 aliphatic carbocycles. The maximum absolute atomic E-state index is 14.9. The van der Waals surface area contributed by atoms with E-state index in [-0.39, 0.29) is 47.9 Å². The molecule has 1 fully saturated rings. The SMILES string of the molecule is O=C1CCC(N2Cc3cc(C#CCCNCCOCCOCCNC(=O)c4ccc(Nc5ncc6c(n5)-c5ccc(Cl)cc5C(c5c(F)cccc5F)=NC6)cc4)ccc3C2=O)C(=O)N1. The van der Waals surface area contributed by atoms with Gasteiger partial charge in [0.15, 0.2) is 0 Å². The van der Waals surface area contributed by atoms with E-state index >= 15 is 0 Å². The fourth-order valence-corrected chi connectivity index (χ4v) is 7.83. The largest absolute Gasteiger partial charge is 0.378 e.